The third-order valence-electron chi connectivity index (χ3n) is 3.17. The van der Waals surface area contributed by atoms with Gasteiger partial charge in [-0.1, -0.05) is 0 Å². The predicted octanol–water partition coefficient (Wildman–Crippen LogP) is 1.46. The quantitative estimate of drug-likeness (QED) is 0.865. The van der Waals surface area contributed by atoms with Crippen molar-refractivity contribution in [3.8, 4) is 0 Å². The van der Waals surface area contributed by atoms with E-state index in [1.807, 2.05) is 13.8 Å². The molecule has 0 unspecified atom stereocenters. The topological polar surface area (TPSA) is 88.2 Å². The number of hydrogen-bond acceptors (Lipinski definition) is 5. The molecule has 0 bridgehead atoms. The minimum absolute atomic E-state index is 0.0106. The Bertz CT molecular complexity index is 589. The largest absolute Gasteiger partial charge is 0.332 e. The Balaban J connectivity index is 1.98. The fourth-order valence-electron chi connectivity index (χ4n) is 2.04. The van der Waals surface area contributed by atoms with E-state index in [0.717, 1.165) is 10.6 Å². The molecule has 6 nitrogen and oxygen atoms in total. The molecule has 1 aromatic heterocycles. The van der Waals surface area contributed by atoms with Crippen molar-refractivity contribution in [1.29, 1.82) is 0 Å². The summed E-state index contributed by atoms with van der Waals surface area (Å²) < 4.78 is 22.9. The van der Waals surface area contributed by atoms with E-state index < -0.39 is 21.4 Å². The highest BCUT2D eigenvalue weighted by Crippen LogP contribution is 2.24. The number of sulfone groups is 1. The molecular weight excluding hydrogens is 286 g/mol. The zero-order valence-electron chi connectivity index (χ0n) is 11.1. The molecule has 1 fully saturated rings. The van der Waals surface area contributed by atoms with Gasteiger partial charge in [0.05, 0.1) is 22.7 Å². The predicted molar refractivity (Wildman–Crippen MR) is 75.4 cm³/mol. The molecule has 2 N–H and O–H groups in total. The molecule has 0 radical (unpaired) electrons. The average molecular weight is 303 g/mol. The zero-order valence-corrected chi connectivity index (χ0v) is 12.7. The molecule has 1 saturated heterocycles. The Morgan fingerprint density at radius 2 is 2.11 bits per heavy atom. The number of aryl methyl sites for hydroxylation is 2. The molecule has 19 heavy (non-hydrogen) atoms. The highest BCUT2D eigenvalue weighted by molar-refractivity contribution is 7.91. The third-order valence-corrected chi connectivity index (χ3v) is 6.06. The SMILES string of the molecule is Cc1nc(NC(=O)N[C@]2(C)CCS(=O)(=O)C2)sc1C. The first-order valence-electron chi connectivity index (χ1n) is 5.93. The van der Waals surface area contributed by atoms with Crippen LogP contribution in [0, 0.1) is 13.8 Å². The Hall–Kier alpha value is -1.15. The standard InChI is InChI=1S/C11H17N3O3S2/c1-7-8(2)18-10(12-7)13-9(15)14-11(3)4-5-19(16,17)6-11/h4-6H2,1-3H3,(H2,12,13,14,15)/t11-/m1/s1. The molecule has 2 heterocycles. The monoisotopic (exact) mass is 303 g/mol. The van der Waals surface area contributed by atoms with Crippen LogP contribution in [0.3, 0.4) is 0 Å². The van der Waals surface area contributed by atoms with Gasteiger partial charge in [-0.15, -0.1) is 11.3 Å². The van der Waals surface area contributed by atoms with Crippen molar-refractivity contribution >= 4 is 32.3 Å². The van der Waals surface area contributed by atoms with Gasteiger partial charge in [0.15, 0.2) is 15.0 Å². The minimum Gasteiger partial charge on any atom is -0.332 e. The van der Waals surface area contributed by atoms with E-state index in [4.69, 9.17) is 0 Å². The number of carbonyl (C=O) groups is 1. The summed E-state index contributed by atoms with van der Waals surface area (Å²) in [5, 5.41) is 5.90. The summed E-state index contributed by atoms with van der Waals surface area (Å²) in [6.45, 7) is 5.55. The van der Waals surface area contributed by atoms with Crippen LogP contribution in [0.1, 0.15) is 23.9 Å². The van der Waals surface area contributed by atoms with E-state index >= 15 is 0 Å². The second-order valence-corrected chi connectivity index (χ2v) is 8.53. The van der Waals surface area contributed by atoms with Crippen molar-refractivity contribution in [2.75, 3.05) is 16.8 Å². The van der Waals surface area contributed by atoms with Crippen molar-refractivity contribution in [3.05, 3.63) is 10.6 Å². The van der Waals surface area contributed by atoms with E-state index in [1.54, 1.807) is 6.92 Å². The molecule has 106 valence electrons. The molecule has 0 aromatic carbocycles. The van der Waals surface area contributed by atoms with Gasteiger partial charge < -0.3 is 5.32 Å². The van der Waals surface area contributed by atoms with Gasteiger partial charge in [-0.3, -0.25) is 5.32 Å². The highest BCUT2D eigenvalue weighted by Gasteiger charge is 2.39. The molecule has 1 aromatic rings. The van der Waals surface area contributed by atoms with Crippen molar-refractivity contribution in [2.24, 2.45) is 0 Å². The summed E-state index contributed by atoms with van der Waals surface area (Å²) in [6.07, 6.45) is 0.443. The van der Waals surface area contributed by atoms with Gasteiger partial charge in [-0.2, -0.15) is 0 Å². The molecule has 8 heteroatoms. The van der Waals surface area contributed by atoms with Crippen LogP contribution < -0.4 is 10.6 Å². The van der Waals surface area contributed by atoms with E-state index in [9.17, 15) is 13.2 Å². The van der Waals surface area contributed by atoms with E-state index in [2.05, 4.69) is 15.6 Å². The van der Waals surface area contributed by atoms with Crippen LogP contribution in [0.15, 0.2) is 0 Å². The van der Waals surface area contributed by atoms with E-state index in [-0.39, 0.29) is 11.5 Å². The molecule has 1 aliphatic heterocycles. The number of anilines is 1. The second-order valence-electron chi connectivity index (χ2n) is 5.14. The Morgan fingerprint density at radius 1 is 1.42 bits per heavy atom. The molecule has 0 spiro atoms. The second kappa shape index (κ2) is 4.75. The maximum absolute atomic E-state index is 11.9. The molecule has 0 aliphatic carbocycles. The number of amides is 2. The lowest BCUT2D eigenvalue weighted by Crippen LogP contribution is -2.48. The van der Waals surface area contributed by atoms with Crippen molar-refractivity contribution < 1.29 is 13.2 Å². The summed E-state index contributed by atoms with van der Waals surface area (Å²) >= 11 is 1.40. The number of nitrogens with zero attached hydrogens (tertiary/aromatic N) is 1. The van der Waals surface area contributed by atoms with Crippen molar-refractivity contribution in [3.63, 3.8) is 0 Å². The fraction of sp³-hybridized carbons (Fsp3) is 0.636. The molecule has 0 saturated carbocycles. The van der Waals surface area contributed by atoms with Gasteiger partial charge >= 0.3 is 6.03 Å². The summed E-state index contributed by atoms with van der Waals surface area (Å²) in [4.78, 5) is 17.1. The number of carbonyl (C=O) groups excluding carboxylic acids is 1. The number of rotatable bonds is 2. The van der Waals surface area contributed by atoms with E-state index in [1.165, 1.54) is 11.3 Å². The van der Waals surface area contributed by atoms with Crippen LogP contribution in [-0.2, 0) is 9.84 Å². The lowest BCUT2D eigenvalue weighted by atomic mass is 10.0. The maximum Gasteiger partial charge on any atom is 0.321 e. The van der Waals surface area contributed by atoms with Gasteiger partial charge in [0.25, 0.3) is 0 Å². The van der Waals surface area contributed by atoms with Crippen LogP contribution in [0.5, 0.6) is 0 Å². The number of aromatic nitrogens is 1. The van der Waals surface area contributed by atoms with Gasteiger partial charge in [-0.05, 0) is 27.2 Å². The summed E-state index contributed by atoms with van der Waals surface area (Å²) in [5.41, 5.74) is 0.194. The molecule has 2 amide bonds. The minimum atomic E-state index is -3.03. The smallest absolute Gasteiger partial charge is 0.321 e. The van der Waals surface area contributed by atoms with Crippen LogP contribution in [0.4, 0.5) is 9.93 Å². The lowest BCUT2D eigenvalue weighted by molar-refractivity contribution is 0.242. The number of hydrogen-bond donors (Lipinski definition) is 2. The van der Waals surface area contributed by atoms with Gasteiger partial charge in [0.1, 0.15) is 0 Å². The Labute approximate surface area is 116 Å². The molecular formula is C11H17N3O3S2. The van der Waals surface area contributed by atoms with Crippen LogP contribution in [0.2, 0.25) is 0 Å². The normalized spacial score (nSPS) is 25.2. The van der Waals surface area contributed by atoms with Crippen LogP contribution >= 0.6 is 11.3 Å². The summed E-state index contributed by atoms with van der Waals surface area (Å²) in [5.74, 6) is 0.114. The first-order valence-corrected chi connectivity index (χ1v) is 8.57. The molecule has 1 atom stereocenters. The van der Waals surface area contributed by atoms with Gasteiger partial charge in [-0.25, -0.2) is 18.2 Å². The number of urea groups is 1. The number of thiazole rings is 1. The van der Waals surface area contributed by atoms with Crippen LogP contribution in [0.25, 0.3) is 0 Å². The third kappa shape index (κ3) is 3.44. The van der Waals surface area contributed by atoms with E-state index in [0.29, 0.717) is 11.6 Å². The van der Waals surface area contributed by atoms with Crippen molar-refractivity contribution in [1.82, 2.24) is 10.3 Å². The highest BCUT2D eigenvalue weighted by atomic mass is 32.2. The van der Waals surface area contributed by atoms with Gasteiger partial charge in [0.2, 0.25) is 0 Å². The first-order chi connectivity index (χ1) is 8.69. The first kappa shape index (κ1) is 14.3. The fourth-order valence-corrected chi connectivity index (χ4v) is 4.94. The van der Waals surface area contributed by atoms with Gasteiger partial charge in [0, 0.05) is 4.88 Å². The zero-order chi connectivity index (χ0) is 14.3. The molecule has 1 aliphatic rings. The summed E-state index contributed by atoms with van der Waals surface area (Å²) in [7, 11) is -3.03. The number of nitrogens with one attached hydrogen (secondary N) is 2. The van der Waals surface area contributed by atoms with Crippen molar-refractivity contribution in [2.45, 2.75) is 32.7 Å². The maximum atomic E-state index is 11.9. The average Bonchev–Trinajstić information content (AvgIpc) is 2.67. The Morgan fingerprint density at radius 3 is 2.58 bits per heavy atom. The lowest BCUT2D eigenvalue weighted by Gasteiger charge is -2.23. The summed E-state index contributed by atoms with van der Waals surface area (Å²) in [6, 6.07) is -0.409. The Kier molecular flexibility index (Phi) is 3.57. The van der Waals surface area contributed by atoms with Crippen LogP contribution in [-0.4, -0.2) is 36.5 Å². The molecule has 2 rings (SSSR count).